The Hall–Kier alpha value is -1.93. The highest BCUT2D eigenvalue weighted by molar-refractivity contribution is 7.89. The smallest absolute Gasteiger partial charge is 0.243 e. The van der Waals surface area contributed by atoms with Gasteiger partial charge in [-0.3, -0.25) is 9.59 Å². The van der Waals surface area contributed by atoms with Gasteiger partial charge in [0.25, 0.3) is 0 Å². The molecule has 1 N–H and O–H groups in total. The van der Waals surface area contributed by atoms with Crippen LogP contribution >= 0.6 is 0 Å². The van der Waals surface area contributed by atoms with Crippen LogP contribution < -0.4 is 5.32 Å². The van der Waals surface area contributed by atoms with E-state index < -0.39 is 10.0 Å². The molecule has 0 aromatic heterocycles. The van der Waals surface area contributed by atoms with Crippen LogP contribution in [0.5, 0.6) is 0 Å². The molecular weight excluding hydrogens is 414 g/mol. The summed E-state index contributed by atoms with van der Waals surface area (Å²) in [6.07, 6.45) is 7.78. The third kappa shape index (κ3) is 5.12. The third-order valence-corrected chi connectivity index (χ3v) is 8.78. The number of amides is 2. The van der Waals surface area contributed by atoms with Crippen molar-refractivity contribution >= 4 is 21.8 Å². The number of carbonyl (C=O) groups excluding carboxylic acids is 2. The van der Waals surface area contributed by atoms with Crippen LogP contribution in [0.2, 0.25) is 0 Å². The van der Waals surface area contributed by atoms with Gasteiger partial charge in [-0.1, -0.05) is 12.5 Å². The standard InChI is InChI=1S/C23H33N3O4S/c27-22-7-2-1-3-13-25(22)16-12-24-23(28)19-10-14-26(15-11-19)31(29,30)21-9-8-18-5-4-6-20(18)17-21/h8-9,17,19H,1-7,10-16H2,(H,24,28). The van der Waals surface area contributed by atoms with E-state index in [1.165, 1.54) is 9.87 Å². The van der Waals surface area contributed by atoms with Crippen molar-refractivity contribution in [3.05, 3.63) is 29.3 Å². The van der Waals surface area contributed by atoms with Crippen LogP contribution in [-0.4, -0.2) is 62.2 Å². The minimum absolute atomic E-state index is 0.0307. The third-order valence-electron chi connectivity index (χ3n) is 6.88. The number of carbonyl (C=O) groups is 2. The highest BCUT2D eigenvalue weighted by Crippen LogP contribution is 2.28. The van der Waals surface area contributed by atoms with Gasteiger partial charge in [0, 0.05) is 45.1 Å². The SMILES string of the molecule is O=C(NCCN1CCCCCC1=O)C1CCN(S(=O)(=O)c2ccc3c(c2)CCC3)CC1. The van der Waals surface area contributed by atoms with E-state index in [0.29, 0.717) is 50.3 Å². The first-order chi connectivity index (χ1) is 14.9. The monoisotopic (exact) mass is 447 g/mol. The van der Waals surface area contributed by atoms with Crippen molar-refractivity contribution in [3.63, 3.8) is 0 Å². The lowest BCUT2D eigenvalue weighted by molar-refractivity contribution is -0.131. The zero-order valence-electron chi connectivity index (χ0n) is 18.1. The number of likely N-dealkylation sites (tertiary alicyclic amines) is 1. The molecule has 2 amide bonds. The van der Waals surface area contributed by atoms with E-state index in [-0.39, 0.29) is 17.7 Å². The van der Waals surface area contributed by atoms with E-state index in [4.69, 9.17) is 0 Å². The lowest BCUT2D eigenvalue weighted by Crippen LogP contribution is -2.44. The molecule has 2 saturated heterocycles. The molecule has 1 aromatic rings. The molecule has 0 bridgehead atoms. The van der Waals surface area contributed by atoms with Crippen LogP contribution in [0.1, 0.15) is 56.1 Å². The molecule has 8 heteroatoms. The van der Waals surface area contributed by atoms with Crippen molar-refractivity contribution in [1.29, 1.82) is 0 Å². The van der Waals surface area contributed by atoms with Gasteiger partial charge in [-0.2, -0.15) is 4.31 Å². The van der Waals surface area contributed by atoms with E-state index in [9.17, 15) is 18.0 Å². The van der Waals surface area contributed by atoms with E-state index in [1.807, 2.05) is 17.0 Å². The largest absolute Gasteiger partial charge is 0.354 e. The van der Waals surface area contributed by atoms with Crippen molar-refractivity contribution in [2.24, 2.45) is 5.92 Å². The number of aryl methyl sites for hydroxylation is 2. The van der Waals surface area contributed by atoms with Gasteiger partial charge < -0.3 is 10.2 Å². The zero-order valence-corrected chi connectivity index (χ0v) is 19.0. The molecule has 0 radical (unpaired) electrons. The number of benzene rings is 1. The summed E-state index contributed by atoms with van der Waals surface area (Å²) in [7, 11) is -3.52. The van der Waals surface area contributed by atoms with Crippen LogP contribution in [0.3, 0.4) is 0 Å². The number of hydrogen-bond acceptors (Lipinski definition) is 4. The zero-order chi connectivity index (χ0) is 21.8. The molecule has 4 rings (SSSR count). The minimum atomic E-state index is -3.52. The lowest BCUT2D eigenvalue weighted by Gasteiger charge is -2.31. The Morgan fingerprint density at radius 2 is 1.74 bits per heavy atom. The van der Waals surface area contributed by atoms with Crippen molar-refractivity contribution in [2.45, 2.75) is 62.7 Å². The molecule has 7 nitrogen and oxygen atoms in total. The van der Waals surface area contributed by atoms with Gasteiger partial charge in [-0.05, 0) is 68.2 Å². The second kappa shape index (κ2) is 9.69. The van der Waals surface area contributed by atoms with Crippen LogP contribution in [-0.2, 0) is 32.5 Å². The fourth-order valence-electron chi connectivity index (χ4n) is 4.95. The van der Waals surface area contributed by atoms with E-state index in [2.05, 4.69) is 5.32 Å². The quantitative estimate of drug-likeness (QED) is 0.724. The maximum absolute atomic E-state index is 13.1. The van der Waals surface area contributed by atoms with Gasteiger partial charge in [0.15, 0.2) is 0 Å². The van der Waals surface area contributed by atoms with Crippen molar-refractivity contribution in [2.75, 3.05) is 32.7 Å². The van der Waals surface area contributed by atoms with Gasteiger partial charge in [0.05, 0.1) is 4.90 Å². The van der Waals surface area contributed by atoms with Gasteiger partial charge in [0.1, 0.15) is 0 Å². The maximum Gasteiger partial charge on any atom is 0.243 e. The minimum Gasteiger partial charge on any atom is -0.354 e. The number of nitrogens with one attached hydrogen (secondary N) is 1. The molecular formula is C23H33N3O4S. The molecule has 170 valence electrons. The first kappa shape index (κ1) is 22.3. The average molecular weight is 448 g/mol. The van der Waals surface area contributed by atoms with E-state index >= 15 is 0 Å². The Balaban J connectivity index is 1.26. The molecule has 0 atom stereocenters. The van der Waals surface area contributed by atoms with Crippen LogP contribution in [0.25, 0.3) is 0 Å². The number of rotatable bonds is 6. The molecule has 2 heterocycles. The fraction of sp³-hybridized carbons (Fsp3) is 0.652. The first-order valence-corrected chi connectivity index (χ1v) is 13.1. The highest BCUT2D eigenvalue weighted by Gasteiger charge is 2.32. The summed E-state index contributed by atoms with van der Waals surface area (Å²) in [4.78, 5) is 26.8. The number of hydrogen-bond donors (Lipinski definition) is 1. The number of piperidine rings is 1. The second-order valence-corrected chi connectivity index (χ2v) is 10.9. The Labute approximate surface area is 185 Å². The van der Waals surface area contributed by atoms with Crippen molar-refractivity contribution in [1.82, 2.24) is 14.5 Å². The summed E-state index contributed by atoms with van der Waals surface area (Å²) in [5, 5.41) is 2.95. The van der Waals surface area contributed by atoms with Crippen molar-refractivity contribution in [3.8, 4) is 0 Å². The van der Waals surface area contributed by atoms with Crippen molar-refractivity contribution < 1.29 is 18.0 Å². The van der Waals surface area contributed by atoms with Gasteiger partial charge in [-0.15, -0.1) is 0 Å². The summed E-state index contributed by atoms with van der Waals surface area (Å²) in [6.45, 7) is 2.51. The van der Waals surface area contributed by atoms with E-state index in [0.717, 1.165) is 50.6 Å². The number of fused-ring (bicyclic) bond motifs is 1. The van der Waals surface area contributed by atoms with Gasteiger partial charge >= 0.3 is 0 Å². The molecule has 0 unspecified atom stereocenters. The fourth-order valence-corrected chi connectivity index (χ4v) is 6.47. The molecule has 0 saturated carbocycles. The summed E-state index contributed by atoms with van der Waals surface area (Å²) in [5.41, 5.74) is 2.41. The highest BCUT2D eigenvalue weighted by atomic mass is 32.2. The molecule has 1 aliphatic carbocycles. The maximum atomic E-state index is 13.1. The van der Waals surface area contributed by atoms with Gasteiger partial charge in [-0.25, -0.2) is 8.42 Å². The Kier molecular flexibility index (Phi) is 6.96. The second-order valence-electron chi connectivity index (χ2n) is 8.94. The topological polar surface area (TPSA) is 86.8 Å². The number of nitrogens with zero attached hydrogens (tertiary/aromatic N) is 2. The molecule has 2 aliphatic heterocycles. The summed E-state index contributed by atoms with van der Waals surface area (Å²) in [6, 6.07) is 5.51. The molecule has 0 spiro atoms. The normalized spacial score (nSPS) is 21.0. The Morgan fingerprint density at radius 3 is 2.55 bits per heavy atom. The lowest BCUT2D eigenvalue weighted by atomic mass is 9.97. The predicted molar refractivity (Wildman–Crippen MR) is 118 cm³/mol. The summed E-state index contributed by atoms with van der Waals surface area (Å²) in [5.74, 6) is -0.0278. The van der Waals surface area contributed by atoms with Crippen LogP contribution in [0.4, 0.5) is 0 Å². The average Bonchev–Trinajstić information content (AvgIpc) is 3.16. The van der Waals surface area contributed by atoms with Gasteiger partial charge in [0.2, 0.25) is 21.8 Å². The van der Waals surface area contributed by atoms with Crippen LogP contribution in [0.15, 0.2) is 23.1 Å². The molecule has 2 fully saturated rings. The summed E-state index contributed by atoms with van der Waals surface area (Å²) >= 11 is 0. The first-order valence-electron chi connectivity index (χ1n) is 11.6. The number of sulfonamides is 1. The predicted octanol–water partition coefficient (Wildman–Crippen LogP) is 2.09. The molecule has 3 aliphatic rings. The Bertz CT molecular complexity index is 923. The van der Waals surface area contributed by atoms with Crippen LogP contribution in [0, 0.1) is 5.92 Å². The molecule has 1 aromatic carbocycles. The van der Waals surface area contributed by atoms with E-state index in [1.54, 1.807) is 6.07 Å². The summed E-state index contributed by atoms with van der Waals surface area (Å²) < 4.78 is 27.6. The molecule has 31 heavy (non-hydrogen) atoms. The Morgan fingerprint density at radius 1 is 0.968 bits per heavy atom.